The van der Waals surface area contributed by atoms with Crippen molar-refractivity contribution in [3.63, 3.8) is 0 Å². The zero-order chi connectivity index (χ0) is 17.8. The summed E-state index contributed by atoms with van der Waals surface area (Å²) in [5.41, 5.74) is 7.65. The van der Waals surface area contributed by atoms with E-state index in [-0.39, 0.29) is 22.9 Å². The molecule has 0 bridgehead atoms. The van der Waals surface area contributed by atoms with Crippen LogP contribution in [0.2, 0.25) is 5.02 Å². The normalized spacial score (nSPS) is 20.6. The second-order valence-corrected chi connectivity index (χ2v) is 10.2. The third kappa shape index (κ3) is 2.90. The van der Waals surface area contributed by atoms with Crippen molar-refractivity contribution in [1.29, 1.82) is 0 Å². The van der Waals surface area contributed by atoms with Crippen molar-refractivity contribution in [2.24, 2.45) is 0 Å². The Bertz CT molecular complexity index is 953. The summed E-state index contributed by atoms with van der Waals surface area (Å²) in [5.74, 6) is 1.12. The van der Waals surface area contributed by atoms with Gasteiger partial charge >= 0.3 is 0 Å². The van der Waals surface area contributed by atoms with E-state index >= 15 is 0 Å². The fourth-order valence-corrected chi connectivity index (χ4v) is 5.91. The van der Waals surface area contributed by atoms with Gasteiger partial charge in [-0.2, -0.15) is 4.98 Å². The molecule has 0 atom stereocenters. The van der Waals surface area contributed by atoms with E-state index in [0.29, 0.717) is 30.2 Å². The number of anilines is 3. The minimum absolute atomic E-state index is 0.156. The molecule has 9 heteroatoms. The molecule has 1 fully saturated rings. The Kier molecular flexibility index (Phi) is 3.97. The lowest BCUT2D eigenvalue weighted by molar-refractivity contribution is 0.409. The van der Waals surface area contributed by atoms with Crippen LogP contribution >= 0.6 is 27.5 Å². The summed E-state index contributed by atoms with van der Waals surface area (Å²) in [7, 11) is -2.95. The summed E-state index contributed by atoms with van der Waals surface area (Å²) < 4.78 is 24.8. The quantitative estimate of drug-likeness (QED) is 0.728. The predicted octanol–water partition coefficient (Wildman–Crippen LogP) is 3.07. The van der Waals surface area contributed by atoms with Crippen LogP contribution in [0, 0.1) is 0 Å². The number of benzene rings is 1. The summed E-state index contributed by atoms with van der Waals surface area (Å²) in [6, 6.07) is 6.07. The third-order valence-corrected chi connectivity index (χ3v) is 7.48. The average molecular weight is 444 g/mol. The maximum absolute atomic E-state index is 11.9. The molecule has 0 unspecified atom stereocenters. The fourth-order valence-electron chi connectivity index (χ4n) is 3.76. The lowest BCUT2D eigenvalue weighted by atomic mass is 9.77. The second-order valence-electron chi connectivity index (χ2n) is 6.58. The minimum Gasteiger partial charge on any atom is -0.368 e. The lowest BCUT2D eigenvalue weighted by Gasteiger charge is -2.34. The molecule has 1 aromatic carbocycles. The van der Waals surface area contributed by atoms with Crippen LogP contribution in [-0.4, -0.2) is 36.4 Å². The van der Waals surface area contributed by atoms with Gasteiger partial charge in [-0.3, -0.25) is 0 Å². The van der Waals surface area contributed by atoms with Crippen molar-refractivity contribution >= 4 is 54.8 Å². The Morgan fingerprint density at radius 3 is 2.72 bits per heavy atom. The van der Waals surface area contributed by atoms with Crippen molar-refractivity contribution in [2.45, 2.75) is 18.3 Å². The molecule has 3 heterocycles. The van der Waals surface area contributed by atoms with Crippen LogP contribution in [0.1, 0.15) is 18.4 Å². The van der Waals surface area contributed by atoms with Gasteiger partial charge in [0.15, 0.2) is 5.82 Å². The molecule has 25 heavy (non-hydrogen) atoms. The number of nitrogen functional groups attached to an aromatic ring is 1. The van der Waals surface area contributed by atoms with E-state index in [1.807, 2.05) is 17.0 Å². The van der Waals surface area contributed by atoms with Crippen LogP contribution in [0.4, 0.5) is 17.5 Å². The Hall–Kier alpha value is -1.38. The molecule has 0 amide bonds. The molecule has 1 aromatic heterocycles. The summed E-state index contributed by atoms with van der Waals surface area (Å²) in [6.07, 6.45) is 2.69. The smallest absolute Gasteiger partial charge is 0.222 e. The third-order valence-electron chi connectivity index (χ3n) is 5.07. The van der Waals surface area contributed by atoms with E-state index in [2.05, 4.69) is 32.0 Å². The van der Waals surface area contributed by atoms with Gasteiger partial charge in [0.2, 0.25) is 5.95 Å². The highest BCUT2D eigenvalue weighted by atomic mass is 79.9. The highest BCUT2D eigenvalue weighted by Gasteiger charge is 2.47. The minimum atomic E-state index is -2.95. The van der Waals surface area contributed by atoms with E-state index < -0.39 is 9.84 Å². The van der Waals surface area contributed by atoms with Gasteiger partial charge in [0.25, 0.3) is 0 Å². The Morgan fingerprint density at radius 2 is 2.00 bits per heavy atom. The van der Waals surface area contributed by atoms with Crippen molar-refractivity contribution in [3.05, 3.63) is 39.5 Å². The topological polar surface area (TPSA) is 89.2 Å². The Balaban J connectivity index is 1.84. The van der Waals surface area contributed by atoms with Gasteiger partial charge in [-0.05, 0) is 30.5 Å². The van der Waals surface area contributed by atoms with Crippen LogP contribution in [0.3, 0.4) is 0 Å². The maximum Gasteiger partial charge on any atom is 0.222 e. The number of nitrogens with two attached hydrogens (primary N) is 1. The van der Waals surface area contributed by atoms with Gasteiger partial charge in [-0.1, -0.05) is 33.6 Å². The summed E-state index contributed by atoms with van der Waals surface area (Å²) >= 11 is 9.84. The summed E-state index contributed by atoms with van der Waals surface area (Å²) in [6.45, 7) is 0.629. The van der Waals surface area contributed by atoms with Crippen molar-refractivity contribution < 1.29 is 8.42 Å². The summed E-state index contributed by atoms with van der Waals surface area (Å²) in [4.78, 5) is 10.3. The van der Waals surface area contributed by atoms with Gasteiger partial charge < -0.3 is 10.6 Å². The molecule has 2 aliphatic heterocycles. The molecule has 132 valence electrons. The van der Waals surface area contributed by atoms with Gasteiger partial charge in [0.05, 0.1) is 17.7 Å². The molecule has 2 aromatic rings. The molecule has 1 saturated heterocycles. The maximum atomic E-state index is 11.9. The first-order valence-corrected chi connectivity index (χ1v) is 10.8. The first-order chi connectivity index (χ1) is 11.8. The number of sulfone groups is 1. The molecule has 0 aliphatic carbocycles. The number of fused-ring (bicyclic) bond motifs is 2. The fraction of sp³-hybridized carbons (Fsp3) is 0.375. The number of halogens is 2. The molecule has 2 aliphatic rings. The van der Waals surface area contributed by atoms with Crippen LogP contribution in [0.5, 0.6) is 0 Å². The number of hydrogen-bond acceptors (Lipinski definition) is 6. The van der Waals surface area contributed by atoms with E-state index in [1.54, 1.807) is 0 Å². The van der Waals surface area contributed by atoms with Crippen molar-refractivity contribution in [2.75, 3.05) is 28.7 Å². The number of rotatable bonds is 1. The first-order valence-electron chi connectivity index (χ1n) is 7.86. The molecule has 0 radical (unpaired) electrons. The summed E-state index contributed by atoms with van der Waals surface area (Å²) in [5, 5.41) is 0.417. The molecule has 2 N–H and O–H groups in total. The predicted molar refractivity (Wildman–Crippen MR) is 102 cm³/mol. The molecule has 4 rings (SSSR count). The standard InChI is InChI=1S/C16H16BrClN4O2S/c17-10-1-2-11-13(7-10)22(14-12(18)8-20-15(19)21-14)9-16(11)3-5-25(23,24)6-4-16/h1-2,7-8H,3-6,9H2,(H2,19,20,21). The van der Waals surface area contributed by atoms with Gasteiger partial charge in [-0.25, -0.2) is 13.4 Å². The highest BCUT2D eigenvalue weighted by Crippen LogP contribution is 2.51. The average Bonchev–Trinajstić information content (AvgIpc) is 2.87. The van der Waals surface area contributed by atoms with Gasteiger partial charge in [0.1, 0.15) is 14.9 Å². The molecule has 0 saturated carbocycles. The molecular formula is C16H16BrClN4O2S. The van der Waals surface area contributed by atoms with E-state index in [1.165, 1.54) is 6.20 Å². The number of nitrogens with zero attached hydrogens (tertiary/aromatic N) is 3. The van der Waals surface area contributed by atoms with Gasteiger partial charge in [0, 0.05) is 22.1 Å². The number of hydrogen-bond donors (Lipinski definition) is 1. The van der Waals surface area contributed by atoms with Crippen molar-refractivity contribution in [3.8, 4) is 0 Å². The van der Waals surface area contributed by atoms with Crippen LogP contribution in [0.15, 0.2) is 28.9 Å². The van der Waals surface area contributed by atoms with E-state index in [0.717, 1.165) is 15.7 Å². The van der Waals surface area contributed by atoms with E-state index in [9.17, 15) is 8.42 Å². The lowest BCUT2D eigenvalue weighted by Crippen LogP contribution is -2.40. The second kappa shape index (κ2) is 5.82. The molecule has 6 nitrogen and oxygen atoms in total. The Labute approximate surface area is 159 Å². The zero-order valence-electron chi connectivity index (χ0n) is 13.2. The largest absolute Gasteiger partial charge is 0.368 e. The molecule has 1 spiro atoms. The Morgan fingerprint density at radius 1 is 1.28 bits per heavy atom. The van der Waals surface area contributed by atoms with E-state index in [4.69, 9.17) is 17.3 Å². The van der Waals surface area contributed by atoms with Crippen LogP contribution < -0.4 is 10.6 Å². The highest BCUT2D eigenvalue weighted by molar-refractivity contribution is 9.10. The van der Waals surface area contributed by atoms with Gasteiger partial charge in [-0.15, -0.1) is 0 Å². The molecular weight excluding hydrogens is 428 g/mol. The first kappa shape index (κ1) is 17.1. The van der Waals surface area contributed by atoms with Crippen LogP contribution in [-0.2, 0) is 15.3 Å². The van der Waals surface area contributed by atoms with Crippen LogP contribution in [0.25, 0.3) is 0 Å². The monoisotopic (exact) mass is 442 g/mol. The van der Waals surface area contributed by atoms with Crippen molar-refractivity contribution in [1.82, 2.24) is 9.97 Å². The zero-order valence-corrected chi connectivity index (χ0v) is 16.4. The SMILES string of the molecule is Nc1ncc(Cl)c(N2CC3(CCS(=O)(=O)CC3)c3ccc(Br)cc32)n1. The number of aromatic nitrogens is 2.